The molecule has 0 rings (SSSR count). The zero-order valence-corrected chi connectivity index (χ0v) is 7.67. The van der Waals surface area contributed by atoms with Gasteiger partial charge in [0.25, 0.3) is 0 Å². The lowest BCUT2D eigenvalue weighted by molar-refractivity contribution is 1.19. The summed E-state index contributed by atoms with van der Waals surface area (Å²) in [5, 5.41) is 0. The van der Waals surface area contributed by atoms with Crippen molar-refractivity contribution >= 4 is 6.21 Å². The summed E-state index contributed by atoms with van der Waals surface area (Å²) in [5.41, 5.74) is 6.04. The van der Waals surface area contributed by atoms with Crippen LogP contribution in [0.25, 0.3) is 0 Å². The van der Waals surface area contributed by atoms with Crippen LogP contribution in [0.4, 0.5) is 0 Å². The molecule has 64 valence electrons. The molecule has 0 aromatic heterocycles. The molecule has 0 amide bonds. The first-order valence-electron chi connectivity index (χ1n) is 3.89. The molecule has 0 saturated heterocycles. The van der Waals surface area contributed by atoms with Crippen LogP contribution in [-0.2, 0) is 0 Å². The maximum absolute atomic E-state index is 5.03. The summed E-state index contributed by atoms with van der Waals surface area (Å²) in [6.45, 7) is 9.75. The van der Waals surface area contributed by atoms with Gasteiger partial charge in [0.1, 0.15) is 0 Å². The lowest BCUT2D eigenvalue weighted by Crippen LogP contribution is -1.78. The van der Waals surface area contributed by atoms with Crippen molar-refractivity contribution in [1.82, 2.24) is 0 Å². The fourth-order valence-electron chi connectivity index (χ4n) is 0.289. The average molecular weight is 154 g/mol. The van der Waals surface area contributed by atoms with E-state index in [1.54, 1.807) is 6.21 Å². The van der Waals surface area contributed by atoms with Gasteiger partial charge in [-0.05, 0) is 12.0 Å². The molecule has 0 saturated carbocycles. The molecule has 2 nitrogen and oxygen atoms in total. The number of hydrogen-bond acceptors (Lipinski definition) is 2. The minimum Gasteiger partial charge on any atom is -0.403 e. The van der Waals surface area contributed by atoms with E-state index in [0.717, 1.165) is 12.0 Å². The van der Waals surface area contributed by atoms with Gasteiger partial charge in [0.15, 0.2) is 0 Å². The summed E-state index contributed by atoms with van der Waals surface area (Å²) in [5.74, 6) is 0. The third-order valence-electron chi connectivity index (χ3n) is 0.883. The molecule has 2 heteroatoms. The zero-order chi connectivity index (χ0) is 9.11. The first-order chi connectivity index (χ1) is 5.31. The van der Waals surface area contributed by atoms with Gasteiger partial charge in [-0.25, -0.2) is 0 Å². The van der Waals surface area contributed by atoms with Gasteiger partial charge >= 0.3 is 0 Å². The van der Waals surface area contributed by atoms with E-state index in [1.165, 1.54) is 12.4 Å². The summed E-state index contributed by atoms with van der Waals surface area (Å²) in [6.07, 6.45) is 5.55. The van der Waals surface area contributed by atoms with Crippen LogP contribution in [0.3, 0.4) is 0 Å². The van der Waals surface area contributed by atoms with Crippen molar-refractivity contribution in [3.63, 3.8) is 0 Å². The number of rotatable bonds is 3. The Kier molecular flexibility index (Phi) is 13.4. The molecule has 0 unspecified atom stereocenters. The molecule has 0 heterocycles. The molecule has 2 N–H and O–H groups in total. The van der Waals surface area contributed by atoms with Gasteiger partial charge in [-0.3, -0.25) is 4.99 Å². The highest BCUT2D eigenvalue weighted by molar-refractivity contribution is 5.77. The summed E-state index contributed by atoms with van der Waals surface area (Å²) in [4.78, 5) is 3.83. The molecule has 0 aliphatic carbocycles. The molecule has 0 aromatic rings. The van der Waals surface area contributed by atoms with Crippen molar-refractivity contribution < 1.29 is 0 Å². The zero-order valence-electron chi connectivity index (χ0n) is 7.67. The second kappa shape index (κ2) is 11.7. The van der Waals surface area contributed by atoms with Crippen LogP contribution in [0, 0.1) is 0 Å². The molecule has 0 aliphatic heterocycles. The van der Waals surface area contributed by atoms with E-state index in [0.29, 0.717) is 0 Å². The Bertz CT molecular complexity index is 134. The lowest BCUT2D eigenvalue weighted by Gasteiger charge is -1.85. The van der Waals surface area contributed by atoms with Crippen LogP contribution in [0.2, 0.25) is 0 Å². The van der Waals surface area contributed by atoms with Crippen molar-refractivity contribution in [3.05, 3.63) is 24.6 Å². The predicted octanol–water partition coefficient (Wildman–Crippen LogP) is 2.48. The quantitative estimate of drug-likeness (QED) is 0.623. The SMILES string of the molecule is C=C(C=N/C=C\N)CC.CC. The molecule has 0 aliphatic rings. The molecule has 0 fully saturated rings. The Labute approximate surface area is 69.5 Å². The van der Waals surface area contributed by atoms with Gasteiger partial charge in [0.2, 0.25) is 0 Å². The Morgan fingerprint density at radius 1 is 1.55 bits per heavy atom. The average Bonchev–Trinajstić information content (AvgIpc) is 2.08. The fraction of sp³-hybridized carbons (Fsp3) is 0.444. The predicted molar refractivity (Wildman–Crippen MR) is 52.6 cm³/mol. The van der Waals surface area contributed by atoms with Gasteiger partial charge in [0.05, 0.1) is 0 Å². The van der Waals surface area contributed by atoms with Gasteiger partial charge in [0, 0.05) is 18.6 Å². The Morgan fingerprint density at radius 2 is 2.09 bits per heavy atom. The monoisotopic (exact) mass is 154 g/mol. The van der Waals surface area contributed by atoms with Crippen LogP contribution < -0.4 is 5.73 Å². The number of allylic oxidation sites excluding steroid dienone is 1. The third kappa shape index (κ3) is 12.2. The Balaban J connectivity index is 0. The first kappa shape index (κ1) is 12.6. The van der Waals surface area contributed by atoms with E-state index in [9.17, 15) is 0 Å². The molecule has 0 spiro atoms. The fourth-order valence-corrected chi connectivity index (χ4v) is 0.289. The lowest BCUT2D eigenvalue weighted by atomic mass is 10.3. The highest BCUT2D eigenvalue weighted by Crippen LogP contribution is 1.90. The van der Waals surface area contributed by atoms with Gasteiger partial charge in [-0.2, -0.15) is 0 Å². The van der Waals surface area contributed by atoms with E-state index in [2.05, 4.69) is 11.6 Å². The van der Waals surface area contributed by atoms with Crippen molar-refractivity contribution in [3.8, 4) is 0 Å². The molecule has 0 bridgehead atoms. The summed E-state index contributed by atoms with van der Waals surface area (Å²) in [7, 11) is 0. The summed E-state index contributed by atoms with van der Waals surface area (Å²) in [6, 6.07) is 0. The molecule has 0 radical (unpaired) electrons. The topological polar surface area (TPSA) is 38.4 Å². The largest absolute Gasteiger partial charge is 0.403 e. The van der Waals surface area contributed by atoms with E-state index in [-0.39, 0.29) is 0 Å². The van der Waals surface area contributed by atoms with Crippen LogP contribution in [0.5, 0.6) is 0 Å². The standard InChI is InChI=1S/C7H12N2.C2H6/c1-3-7(2)6-9-5-4-8;1-2/h4-6H,2-3,8H2,1H3;1-2H3/b5-4-,9-6?;. The van der Waals surface area contributed by atoms with E-state index < -0.39 is 0 Å². The summed E-state index contributed by atoms with van der Waals surface area (Å²) >= 11 is 0. The van der Waals surface area contributed by atoms with Crippen LogP contribution in [-0.4, -0.2) is 6.21 Å². The van der Waals surface area contributed by atoms with Crippen LogP contribution in [0.1, 0.15) is 27.2 Å². The van der Waals surface area contributed by atoms with E-state index >= 15 is 0 Å². The van der Waals surface area contributed by atoms with Gasteiger partial charge in [-0.1, -0.05) is 27.4 Å². The Hall–Kier alpha value is -1.05. The number of nitrogens with zero attached hydrogens (tertiary/aromatic N) is 1. The van der Waals surface area contributed by atoms with E-state index in [4.69, 9.17) is 5.73 Å². The van der Waals surface area contributed by atoms with Gasteiger partial charge < -0.3 is 5.73 Å². The van der Waals surface area contributed by atoms with Crippen molar-refractivity contribution in [2.24, 2.45) is 10.7 Å². The van der Waals surface area contributed by atoms with Crippen molar-refractivity contribution in [2.45, 2.75) is 27.2 Å². The smallest absolute Gasteiger partial charge is 0.0422 e. The maximum atomic E-state index is 5.03. The number of nitrogens with two attached hydrogens (primary N) is 1. The Morgan fingerprint density at radius 3 is 2.45 bits per heavy atom. The minimum atomic E-state index is 0.932. The normalized spacial score (nSPS) is 9.73. The molecule has 0 atom stereocenters. The van der Waals surface area contributed by atoms with E-state index in [1.807, 2.05) is 20.8 Å². The number of hydrogen-bond donors (Lipinski definition) is 1. The van der Waals surface area contributed by atoms with Crippen molar-refractivity contribution in [2.75, 3.05) is 0 Å². The molecular weight excluding hydrogens is 136 g/mol. The molecule has 0 aromatic carbocycles. The highest BCUT2D eigenvalue weighted by Gasteiger charge is 1.77. The minimum absolute atomic E-state index is 0.932. The summed E-state index contributed by atoms with van der Waals surface area (Å²) < 4.78 is 0. The second-order valence-corrected chi connectivity index (χ2v) is 1.63. The van der Waals surface area contributed by atoms with Crippen LogP contribution >= 0.6 is 0 Å². The van der Waals surface area contributed by atoms with Gasteiger partial charge in [-0.15, -0.1) is 0 Å². The molecular formula is C9H18N2. The highest BCUT2D eigenvalue weighted by atomic mass is 14.7. The second-order valence-electron chi connectivity index (χ2n) is 1.63. The van der Waals surface area contributed by atoms with Crippen molar-refractivity contribution in [1.29, 1.82) is 0 Å². The maximum Gasteiger partial charge on any atom is 0.0422 e. The molecule has 11 heavy (non-hydrogen) atoms. The first-order valence-corrected chi connectivity index (χ1v) is 3.89. The van der Waals surface area contributed by atoms with Crippen LogP contribution in [0.15, 0.2) is 29.5 Å². The third-order valence-corrected chi connectivity index (χ3v) is 0.883. The number of aliphatic imine (C=N–C) groups is 1.